The van der Waals surface area contributed by atoms with Crippen molar-refractivity contribution in [3.05, 3.63) is 61.8 Å². The van der Waals surface area contributed by atoms with Crippen LogP contribution in [0.15, 0.2) is 44.1 Å². The highest BCUT2D eigenvalue weighted by Crippen LogP contribution is 2.22. The Morgan fingerprint density at radius 2 is 1.87 bits per heavy atom. The number of aromatic nitrogens is 3. The minimum Gasteiger partial charge on any atom is -0.341 e. The van der Waals surface area contributed by atoms with Crippen LogP contribution in [0, 0.1) is 6.92 Å². The van der Waals surface area contributed by atoms with Crippen molar-refractivity contribution in [3.8, 4) is 0 Å². The summed E-state index contributed by atoms with van der Waals surface area (Å²) in [6, 6.07) is 7.49. The number of aryl methyl sites for hydroxylation is 2. The fraction of sp³-hybridized carbons (Fsp3) is 0.250. The van der Waals surface area contributed by atoms with Crippen molar-refractivity contribution in [2.75, 3.05) is 0 Å². The molecule has 0 saturated carbocycles. The lowest BCUT2D eigenvalue weighted by molar-refractivity contribution is 0.857. The molecule has 0 bridgehead atoms. The molecule has 4 rings (SSSR count). The van der Waals surface area contributed by atoms with Gasteiger partial charge in [0, 0.05) is 11.3 Å². The van der Waals surface area contributed by atoms with Gasteiger partial charge in [-0.15, -0.1) is 5.11 Å². The summed E-state index contributed by atoms with van der Waals surface area (Å²) in [6.45, 7) is 1.98. The van der Waals surface area contributed by atoms with Gasteiger partial charge in [-0.1, -0.05) is 17.7 Å². The van der Waals surface area contributed by atoms with Gasteiger partial charge in [0.25, 0.3) is 11.1 Å². The zero-order valence-electron chi connectivity index (χ0n) is 12.6. The van der Waals surface area contributed by atoms with Crippen LogP contribution in [-0.2, 0) is 12.8 Å². The van der Waals surface area contributed by atoms with Gasteiger partial charge in [-0.3, -0.25) is 14.7 Å². The summed E-state index contributed by atoms with van der Waals surface area (Å²) in [5, 5.41) is 10.7. The van der Waals surface area contributed by atoms with Crippen molar-refractivity contribution >= 4 is 17.0 Å². The monoisotopic (exact) mass is 309 g/mol. The van der Waals surface area contributed by atoms with Crippen molar-refractivity contribution in [1.29, 1.82) is 0 Å². The molecule has 2 heterocycles. The molecule has 1 aliphatic rings. The van der Waals surface area contributed by atoms with Crippen LogP contribution >= 0.6 is 0 Å². The van der Waals surface area contributed by atoms with Crippen molar-refractivity contribution in [2.24, 2.45) is 10.2 Å². The second kappa shape index (κ2) is 5.05. The van der Waals surface area contributed by atoms with Crippen LogP contribution in [0.4, 0.5) is 11.4 Å². The molecule has 0 spiro atoms. The first-order chi connectivity index (χ1) is 11.1. The molecule has 7 heteroatoms. The second-order valence-corrected chi connectivity index (χ2v) is 5.75. The van der Waals surface area contributed by atoms with Gasteiger partial charge < -0.3 is 4.98 Å². The minimum atomic E-state index is -0.433. The number of nitrogens with one attached hydrogen (secondary N) is 2. The topological polar surface area (TPSA) is 94.8 Å². The number of azo groups is 1. The molecule has 0 amide bonds. The summed E-state index contributed by atoms with van der Waals surface area (Å²) in [5.41, 5.74) is 3.28. The molecule has 23 heavy (non-hydrogen) atoms. The minimum absolute atomic E-state index is 0.123. The summed E-state index contributed by atoms with van der Waals surface area (Å²) in [7, 11) is 0. The third kappa shape index (κ3) is 2.21. The van der Waals surface area contributed by atoms with E-state index in [2.05, 4.69) is 20.3 Å². The summed E-state index contributed by atoms with van der Waals surface area (Å²) in [4.78, 5) is 27.7. The highest BCUT2D eigenvalue weighted by molar-refractivity contribution is 5.63. The zero-order chi connectivity index (χ0) is 16.0. The van der Waals surface area contributed by atoms with Crippen LogP contribution < -0.4 is 11.1 Å². The number of hydrogen-bond acceptors (Lipinski definition) is 4. The molecule has 7 nitrogen and oxygen atoms in total. The van der Waals surface area contributed by atoms with E-state index < -0.39 is 5.56 Å². The summed E-state index contributed by atoms with van der Waals surface area (Å²) >= 11 is 0. The van der Waals surface area contributed by atoms with Gasteiger partial charge in [0.1, 0.15) is 0 Å². The fourth-order valence-corrected chi connectivity index (χ4v) is 2.90. The van der Waals surface area contributed by atoms with Gasteiger partial charge in [-0.05, 0) is 38.3 Å². The van der Waals surface area contributed by atoms with Crippen LogP contribution in [0.2, 0.25) is 0 Å². The zero-order valence-corrected chi connectivity index (χ0v) is 12.6. The Bertz CT molecular complexity index is 1040. The van der Waals surface area contributed by atoms with Crippen LogP contribution in [0.1, 0.15) is 23.2 Å². The van der Waals surface area contributed by atoms with E-state index in [0.29, 0.717) is 11.3 Å². The lowest BCUT2D eigenvalue weighted by Gasteiger charge is -2.01. The van der Waals surface area contributed by atoms with Gasteiger partial charge >= 0.3 is 0 Å². The smallest absolute Gasteiger partial charge is 0.294 e. The lowest BCUT2D eigenvalue weighted by atomic mass is 10.2. The van der Waals surface area contributed by atoms with E-state index in [0.717, 1.165) is 36.1 Å². The van der Waals surface area contributed by atoms with Gasteiger partial charge in [-0.25, -0.2) is 0 Å². The largest absolute Gasteiger partial charge is 0.341 e. The number of aromatic amines is 2. The number of fused-ring (bicyclic) bond motifs is 2. The van der Waals surface area contributed by atoms with Gasteiger partial charge in [0.15, 0.2) is 11.3 Å². The van der Waals surface area contributed by atoms with Gasteiger partial charge in [0.05, 0.1) is 5.69 Å². The fourth-order valence-electron chi connectivity index (χ4n) is 2.90. The van der Waals surface area contributed by atoms with Gasteiger partial charge in [0.2, 0.25) is 0 Å². The molecule has 2 N–H and O–H groups in total. The highest BCUT2D eigenvalue weighted by atomic mass is 16.1. The van der Waals surface area contributed by atoms with Crippen molar-refractivity contribution in [1.82, 2.24) is 14.6 Å². The van der Waals surface area contributed by atoms with Crippen LogP contribution in [0.3, 0.4) is 0 Å². The van der Waals surface area contributed by atoms with E-state index in [4.69, 9.17) is 0 Å². The predicted octanol–water partition coefficient (Wildman–Crippen LogP) is 2.53. The molecule has 0 aliphatic heterocycles. The molecule has 0 atom stereocenters. The maximum absolute atomic E-state index is 12.4. The molecule has 1 aliphatic carbocycles. The Kier molecular flexibility index (Phi) is 3.00. The molecular formula is C16H15N5O2. The third-order valence-electron chi connectivity index (χ3n) is 4.12. The summed E-state index contributed by atoms with van der Waals surface area (Å²) in [5.74, 6) is 0. The first-order valence-electron chi connectivity index (χ1n) is 7.50. The third-order valence-corrected chi connectivity index (χ3v) is 4.12. The summed E-state index contributed by atoms with van der Waals surface area (Å²) < 4.78 is 1.23. The average Bonchev–Trinajstić information content (AvgIpc) is 3.12. The molecule has 1 aromatic carbocycles. The predicted molar refractivity (Wildman–Crippen MR) is 86.0 cm³/mol. The number of nitrogens with zero attached hydrogens (tertiary/aromatic N) is 3. The Morgan fingerprint density at radius 3 is 2.65 bits per heavy atom. The first kappa shape index (κ1) is 13.7. The van der Waals surface area contributed by atoms with E-state index in [1.165, 1.54) is 4.52 Å². The number of hydrogen-bond donors (Lipinski definition) is 2. The number of H-pyrrole nitrogens is 2. The highest BCUT2D eigenvalue weighted by Gasteiger charge is 2.20. The lowest BCUT2D eigenvalue weighted by Crippen LogP contribution is -2.21. The molecule has 0 unspecified atom stereocenters. The van der Waals surface area contributed by atoms with Crippen molar-refractivity contribution in [3.63, 3.8) is 0 Å². The second-order valence-electron chi connectivity index (χ2n) is 5.75. The molecule has 0 saturated heterocycles. The average molecular weight is 309 g/mol. The van der Waals surface area contributed by atoms with Crippen molar-refractivity contribution < 1.29 is 0 Å². The molecule has 116 valence electrons. The summed E-state index contributed by atoms with van der Waals surface area (Å²) in [6.07, 6.45) is 2.49. The quantitative estimate of drug-likeness (QED) is 0.712. The Morgan fingerprint density at radius 1 is 1.09 bits per heavy atom. The van der Waals surface area contributed by atoms with Crippen LogP contribution in [-0.4, -0.2) is 14.6 Å². The van der Waals surface area contributed by atoms with Crippen molar-refractivity contribution in [2.45, 2.75) is 26.2 Å². The Balaban J connectivity index is 1.85. The van der Waals surface area contributed by atoms with E-state index in [1.54, 1.807) is 0 Å². The number of benzene rings is 1. The maximum atomic E-state index is 12.4. The molecule has 3 aromatic rings. The molecule has 2 aromatic heterocycles. The standard InChI is InChI=1S/C16H15N5O2/c1-9-5-7-10(8-6-9)18-19-13-14-17-12-4-2-3-11(12)16(23)21(14)20-15(13)22/h5-8,17H,2-4H2,1H3,(H,20,22). The Labute approximate surface area is 130 Å². The first-order valence-corrected chi connectivity index (χ1v) is 7.50. The molecular weight excluding hydrogens is 294 g/mol. The Hall–Kier alpha value is -2.96. The van der Waals surface area contributed by atoms with Crippen LogP contribution in [0.5, 0.6) is 0 Å². The van der Waals surface area contributed by atoms with E-state index in [-0.39, 0.29) is 11.2 Å². The normalized spacial score (nSPS) is 14.0. The van der Waals surface area contributed by atoms with E-state index in [9.17, 15) is 9.59 Å². The number of rotatable bonds is 2. The maximum Gasteiger partial charge on any atom is 0.294 e. The van der Waals surface area contributed by atoms with E-state index in [1.807, 2.05) is 31.2 Å². The van der Waals surface area contributed by atoms with E-state index >= 15 is 0 Å². The van der Waals surface area contributed by atoms with Crippen LogP contribution in [0.25, 0.3) is 5.65 Å². The van der Waals surface area contributed by atoms with Gasteiger partial charge in [-0.2, -0.15) is 9.63 Å². The SMILES string of the molecule is Cc1ccc(N=Nc2c(=O)[nH]n3c(=O)c4c([nH]c23)CCC4)cc1. The molecule has 0 radical (unpaired) electrons. The molecule has 0 fully saturated rings.